The summed E-state index contributed by atoms with van der Waals surface area (Å²) in [5.74, 6) is 0.618. The van der Waals surface area contributed by atoms with Gasteiger partial charge in [0.25, 0.3) is 0 Å². The van der Waals surface area contributed by atoms with Crippen LogP contribution in [0.25, 0.3) is 0 Å². The van der Waals surface area contributed by atoms with Gasteiger partial charge in [-0.25, -0.2) is 8.42 Å². The van der Waals surface area contributed by atoms with Crippen LogP contribution in [0, 0.1) is 5.92 Å². The lowest BCUT2D eigenvalue weighted by Crippen LogP contribution is -2.52. The van der Waals surface area contributed by atoms with Crippen LogP contribution in [0.3, 0.4) is 0 Å². The van der Waals surface area contributed by atoms with Gasteiger partial charge in [-0.3, -0.25) is 10.3 Å². The van der Waals surface area contributed by atoms with Gasteiger partial charge in [-0.1, -0.05) is 0 Å². The maximum atomic E-state index is 11.5. The molecule has 2 fully saturated rings. The van der Waals surface area contributed by atoms with Crippen LogP contribution in [0.5, 0.6) is 0 Å². The Morgan fingerprint density at radius 3 is 2.96 bits per heavy atom. The van der Waals surface area contributed by atoms with Crippen molar-refractivity contribution in [3.8, 4) is 0 Å². The lowest BCUT2D eigenvalue weighted by Gasteiger charge is -2.33. The van der Waals surface area contributed by atoms with E-state index in [0.717, 1.165) is 51.0 Å². The Labute approximate surface area is 138 Å². The molecule has 6 nitrogen and oxygen atoms in total. The molecule has 23 heavy (non-hydrogen) atoms. The van der Waals surface area contributed by atoms with Gasteiger partial charge in [0.2, 0.25) is 0 Å². The molecular formula is C16H25N3O3S. The lowest BCUT2D eigenvalue weighted by molar-refractivity contribution is 0.182. The van der Waals surface area contributed by atoms with Crippen molar-refractivity contribution in [2.24, 2.45) is 10.9 Å². The number of hydrogen-bond donors (Lipinski definition) is 2. The van der Waals surface area contributed by atoms with Gasteiger partial charge in [0.1, 0.15) is 0 Å². The molecule has 0 aliphatic carbocycles. The van der Waals surface area contributed by atoms with Crippen molar-refractivity contribution in [3.05, 3.63) is 17.4 Å². The number of aliphatic imine (C=N–C) groups is 1. The van der Waals surface area contributed by atoms with E-state index in [1.807, 2.05) is 0 Å². The summed E-state index contributed by atoms with van der Waals surface area (Å²) in [4.78, 5) is 4.19. The summed E-state index contributed by atoms with van der Waals surface area (Å²) in [7, 11) is -3.23. The zero-order valence-corrected chi connectivity index (χ0v) is 14.4. The second-order valence-corrected chi connectivity index (χ2v) is 8.54. The molecule has 2 N–H and O–H groups in total. The van der Waals surface area contributed by atoms with Crippen LogP contribution in [-0.4, -0.2) is 58.2 Å². The predicted molar refractivity (Wildman–Crippen MR) is 90.2 cm³/mol. The van der Waals surface area contributed by atoms with E-state index in [2.05, 4.69) is 21.4 Å². The van der Waals surface area contributed by atoms with Gasteiger partial charge in [-0.05, 0) is 31.6 Å². The number of ether oxygens (including phenoxy) is 1. The molecule has 0 aromatic rings. The molecule has 3 atom stereocenters. The molecule has 128 valence electrons. The van der Waals surface area contributed by atoms with E-state index < -0.39 is 9.84 Å². The first-order chi connectivity index (χ1) is 11.0. The SMILES string of the molecule is CS(=O)(=O)C1=NCC(C2CCCC(NCC3CCOC3)N2)=C=C1. The maximum Gasteiger partial charge on any atom is 0.192 e. The highest BCUT2D eigenvalue weighted by molar-refractivity contribution is 8.06. The minimum Gasteiger partial charge on any atom is -0.381 e. The van der Waals surface area contributed by atoms with E-state index in [1.54, 1.807) is 0 Å². The fraction of sp³-hybridized carbons (Fsp3) is 0.750. The van der Waals surface area contributed by atoms with Gasteiger partial charge >= 0.3 is 0 Å². The van der Waals surface area contributed by atoms with Gasteiger partial charge in [0.15, 0.2) is 14.9 Å². The summed E-state index contributed by atoms with van der Waals surface area (Å²) >= 11 is 0. The largest absolute Gasteiger partial charge is 0.381 e. The molecule has 3 aliphatic heterocycles. The second kappa shape index (κ2) is 7.28. The van der Waals surface area contributed by atoms with Crippen molar-refractivity contribution in [2.45, 2.75) is 37.9 Å². The van der Waals surface area contributed by atoms with Gasteiger partial charge in [-0.15, -0.1) is 5.73 Å². The standard InChI is InChI=1S/C16H25N3O3S/c1-23(20,21)16-6-5-13(10-18-16)14-3-2-4-15(19-14)17-9-12-7-8-22-11-12/h6,12,14-15,17,19H,2-4,7-11H2,1H3. The Balaban J connectivity index is 1.55. The highest BCUT2D eigenvalue weighted by Gasteiger charge is 2.26. The molecule has 3 heterocycles. The summed E-state index contributed by atoms with van der Waals surface area (Å²) in [5, 5.41) is 7.33. The first kappa shape index (κ1) is 16.9. The molecule has 0 radical (unpaired) electrons. The molecule has 2 saturated heterocycles. The Morgan fingerprint density at radius 2 is 2.30 bits per heavy atom. The summed E-state index contributed by atoms with van der Waals surface area (Å²) in [5.41, 5.74) is 4.18. The van der Waals surface area contributed by atoms with Crippen molar-refractivity contribution in [2.75, 3.05) is 32.6 Å². The average Bonchev–Trinajstić information content (AvgIpc) is 3.06. The number of sulfone groups is 1. The number of rotatable bonds is 4. The van der Waals surface area contributed by atoms with Crippen LogP contribution in [-0.2, 0) is 14.6 Å². The molecule has 0 amide bonds. The second-order valence-electron chi connectivity index (χ2n) is 6.58. The van der Waals surface area contributed by atoms with E-state index >= 15 is 0 Å². The predicted octanol–water partition coefficient (Wildman–Crippen LogP) is 0.619. The van der Waals surface area contributed by atoms with E-state index in [-0.39, 0.29) is 11.1 Å². The fourth-order valence-corrected chi connectivity index (χ4v) is 3.84. The first-order valence-electron chi connectivity index (χ1n) is 8.29. The zero-order valence-electron chi connectivity index (χ0n) is 13.5. The van der Waals surface area contributed by atoms with Crippen molar-refractivity contribution in [3.63, 3.8) is 0 Å². The zero-order chi connectivity index (χ0) is 16.3. The highest BCUT2D eigenvalue weighted by atomic mass is 32.2. The monoisotopic (exact) mass is 339 g/mol. The Morgan fingerprint density at radius 1 is 1.43 bits per heavy atom. The highest BCUT2D eigenvalue weighted by Crippen LogP contribution is 2.20. The topological polar surface area (TPSA) is 79.8 Å². The van der Waals surface area contributed by atoms with Crippen LogP contribution in [0.4, 0.5) is 0 Å². The Kier molecular flexibility index (Phi) is 5.34. The average molecular weight is 339 g/mol. The molecule has 0 aromatic carbocycles. The third-order valence-corrected chi connectivity index (χ3v) is 5.66. The molecule has 0 saturated carbocycles. The molecule has 0 aromatic heterocycles. The van der Waals surface area contributed by atoms with Crippen molar-refractivity contribution in [1.82, 2.24) is 10.6 Å². The number of nitrogens with one attached hydrogen (secondary N) is 2. The molecule has 7 heteroatoms. The Hall–Kier alpha value is -0.980. The molecule has 3 rings (SSSR count). The van der Waals surface area contributed by atoms with Crippen LogP contribution in [0.15, 0.2) is 22.4 Å². The van der Waals surface area contributed by atoms with Gasteiger partial charge in [-0.2, -0.15) is 0 Å². The van der Waals surface area contributed by atoms with Crippen molar-refractivity contribution >= 4 is 14.9 Å². The van der Waals surface area contributed by atoms with E-state index in [1.165, 1.54) is 12.3 Å². The molecule has 0 bridgehead atoms. The fourth-order valence-electron chi connectivity index (χ4n) is 3.27. The summed E-state index contributed by atoms with van der Waals surface area (Å²) in [6.45, 7) is 3.14. The third-order valence-electron chi connectivity index (χ3n) is 4.65. The van der Waals surface area contributed by atoms with Gasteiger partial charge in [0.05, 0.1) is 19.3 Å². The number of piperidine rings is 1. The van der Waals surface area contributed by atoms with Crippen LogP contribution < -0.4 is 10.6 Å². The lowest BCUT2D eigenvalue weighted by atomic mass is 9.95. The van der Waals surface area contributed by atoms with E-state index in [9.17, 15) is 8.42 Å². The molecular weight excluding hydrogens is 314 g/mol. The molecule has 3 unspecified atom stereocenters. The molecule has 0 spiro atoms. The summed E-state index contributed by atoms with van der Waals surface area (Å²) < 4.78 is 28.4. The summed E-state index contributed by atoms with van der Waals surface area (Å²) in [6.07, 6.45) is 7.42. The van der Waals surface area contributed by atoms with E-state index in [4.69, 9.17) is 4.74 Å². The van der Waals surface area contributed by atoms with Crippen LogP contribution in [0.1, 0.15) is 25.7 Å². The van der Waals surface area contributed by atoms with Crippen molar-refractivity contribution < 1.29 is 13.2 Å². The maximum absolute atomic E-state index is 11.5. The van der Waals surface area contributed by atoms with Gasteiger partial charge < -0.3 is 10.1 Å². The normalized spacial score (nSPS) is 31.8. The minimum atomic E-state index is -3.23. The molecule has 3 aliphatic rings. The quantitative estimate of drug-likeness (QED) is 0.734. The number of nitrogens with zero attached hydrogens (tertiary/aromatic N) is 1. The van der Waals surface area contributed by atoms with Crippen LogP contribution >= 0.6 is 0 Å². The number of hydrogen-bond acceptors (Lipinski definition) is 6. The smallest absolute Gasteiger partial charge is 0.192 e. The summed E-state index contributed by atoms with van der Waals surface area (Å²) in [6, 6.07) is 0.224. The van der Waals surface area contributed by atoms with Gasteiger partial charge in [0, 0.05) is 37.1 Å². The minimum absolute atomic E-state index is 0.132. The Bertz CT molecular complexity index is 629. The van der Waals surface area contributed by atoms with Crippen molar-refractivity contribution in [1.29, 1.82) is 0 Å². The van der Waals surface area contributed by atoms with Crippen LogP contribution in [0.2, 0.25) is 0 Å². The van der Waals surface area contributed by atoms with E-state index in [0.29, 0.717) is 18.6 Å². The third kappa shape index (κ3) is 4.52. The first-order valence-corrected chi connectivity index (χ1v) is 10.2.